The molecule has 0 spiro atoms. The molecule has 2 saturated heterocycles. The van der Waals surface area contributed by atoms with Crippen LogP contribution in [0, 0.1) is 11.6 Å². The number of aromatic hydroxyl groups is 1. The van der Waals surface area contributed by atoms with Gasteiger partial charge >= 0.3 is 0 Å². The zero-order chi connectivity index (χ0) is 36.7. The molecule has 0 unspecified atom stereocenters. The molecule has 0 atom stereocenters. The monoisotopic (exact) mass is 791 g/mol. The summed E-state index contributed by atoms with van der Waals surface area (Å²) in [6.07, 6.45) is 6.45. The fraction of sp³-hybridized carbons (Fsp3) is 0.375. The van der Waals surface area contributed by atoms with E-state index in [0.29, 0.717) is 36.2 Å². The number of rotatable bonds is 13. The van der Waals surface area contributed by atoms with Crippen LogP contribution in [0.4, 0.5) is 31.8 Å². The van der Waals surface area contributed by atoms with Gasteiger partial charge in [-0.2, -0.15) is 11.8 Å². The van der Waals surface area contributed by atoms with Gasteiger partial charge in [0.1, 0.15) is 17.4 Å². The number of ether oxygens (including phenoxy) is 1. The van der Waals surface area contributed by atoms with E-state index in [0.717, 1.165) is 102 Å². The minimum absolute atomic E-state index is 0. The molecule has 0 bridgehead atoms. The number of thiazole rings is 1. The maximum atomic E-state index is 14.3. The van der Waals surface area contributed by atoms with Crippen LogP contribution in [-0.2, 0) is 11.2 Å². The third-order valence-electron chi connectivity index (χ3n) is 9.58. The first-order chi connectivity index (χ1) is 25.9. The number of nitrogens with one attached hydrogen (secondary N) is 2. The maximum Gasteiger partial charge on any atom is 0.227 e. The first kappa shape index (κ1) is 39.7. The van der Waals surface area contributed by atoms with E-state index in [1.54, 1.807) is 17.5 Å². The number of anilines is 4. The summed E-state index contributed by atoms with van der Waals surface area (Å²) in [5.74, 6) is 0.663. The smallest absolute Gasteiger partial charge is 0.227 e. The lowest BCUT2D eigenvalue weighted by atomic mass is 10.0. The van der Waals surface area contributed by atoms with Gasteiger partial charge in [0.15, 0.2) is 0 Å². The number of benzene rings is 3. The van der Waals surface area contributed by atoms with Crippen molar-refractivity contribution in [1.82, 2.24) is 19.9 Å². The summed E-state index contributed by atoms with van der Waals surface area (Å²) in [6, 6.07) is 17.2. The van der Waals surface area contributed by atoms with E-state index in [9.17, 15) is 13.9 Å². The maximum absolute atomic E-state index is 14.3. The van der Waals surface area contributed by atoms with E-state index in [2.05, 4.69) is 38.0 Å². The van der Waals surface area contributed by atoms with Gasteiger partial charge in [0.2, 0.25) is 5.95 Å². The molecule has 4 heterocycles. The average Bonchev–Trinajstić information content (AvgIpc) is 3.64. The van der Waals surface area contributed by atoms with Crippen molar-refractivity contribution in [3.05, 3.63) is 89.1 Å². The fourth-order valence-electron chi connectivity index (χ4n) is 6.64. The Kier molecular flexibility index (Phi) is 13.7. The number of piperazine rings is 1. The van der Waals surface area contributed by atoms with Crippen molar-refractivity contribution in [2.75, 3.05) is 72.9 Å². The average molecular weight is 792 g/mol. The van der Waals surface area contributed by atoms with Gasteiger partial charge in [0.25, 0.3) is 0 Å². The highest BCUT2D eigenvalue weighted by atomic mass is 32.2. The molecule has 286 valence electrons. The van der Waals surface area contributed by atoms with Crippen LogP contribution >= 0.6 is 35.0 Å². The lowest BCUT2D eigenvalue weighted by molar-refractivity contribution is 0.0853. The molecule has 0 radical (unpaired) electrons. The van der Waals surface area contributed by atoms with Gasteiger partial charge < -0.3 is 24.8 Å². The van der Waals surface area contributed by atoms with Crippen LogP contribution in [0.5, 0.6) is 5.75 Å². The van der Waals surface area contributed by atoms with Gasteiger partial charge in [-0.3, -0.25) is 4.90 Å². The Morgan fingerprint density at radius 1 is 0.981 bits per heavy atom. The number of phenols is 1. The first-order valence-electron chi connectivity index (χ1n) is 17.9. The number of hydrogen-bond acceptors (Lipinski definition) is 12. The molecule has 2 aliphatic rings. The second-order valence-corrected chi connectivity index (χ2v) is 15.8. The fourth-order valence-corrected chi connectivity index (χ4v) is 8.99. The number of thioether (sulfide) groups is 1. The predicted octanol–water partition coefficient (Wildman–Crippen LogP) is 9.69. The highest BCUT2D eigenvalue weighted by molar-refractivity contribution is 8.00. The van der Waals surface area contributed by atoms with Crippen LogP contribution in [-0.4, -0.2) is 82.9 Å². The zero-order valence-electron chi connectivity index (χ0n) is 29.8. The number of aryl methyl sites for hydroxylation is 1. The molecule has 7 rings (SSSR count). The van der Waals surface area contributed by atoms with E-state index in [-0.39, 0.29) is 24.0 Å². The Labute approximate surface area is 329 Å². The van der Waals surface area contributed by atoms with Crippen LogP contribution in [0.15, 0.2) is 71.8 Å². The van der Waals surface area contributed by atoms with Crippen LogP contribution in [0.25, 0.3) is 21.8 Å². The highest BCUT2D eigenvalue weighted by Gasteiger charge is 2.25. The van der Waals surface area contributed by atoms with E-state index in [1.807, 2.05) is 54.2 Å². The van der Waals surface area contributed by atoms with Gasteiger partial charge in [0, 0.05) is 86.8 Å². The summed E-state index contributed by atoms with van der Waals surface area (Å²) in [7, 11) is 0. The summed E-state index contributed by atoms with van der Waals surface area (Å²) in [6.45, 7) is 8.48. The van der Waals surface area contributed by atoms with Crippen LogP contribution in [0.1, 0.15) is 43.7 Å². The molecule has 9 nitrogen and oxygen atoms in total. The standard InChI is InChI=1S/C39H43F2N7O2S3.CH4/c1-3-25-23-32(34(49)24-33(25)48-16-14-47(15-17-48)18-21-51-2)44-39-42-13-10-31(43-39)37-35(45-38(52-37)26-11-19-50-20-12-26)27-6-4-7-28(22-27)46-53-36-29(40)8-5-9-30(36)41;/h4-10,13,22-24,26,46,49H,3,11-12,14-21H2,1-2H3,(H,42,43,44);1H4. The van der Waals surface area contributed by atoms with Gasteiger partial charge in [-0.25, -0.2) is 23.7 Å². The van der Waals surface area contributed by atoms with Crippen molar-refractivity contribution >= 4 is 58.1 Å². The van der Waals surface area contributed by atoms with E-state index < -0.39 is 11.6 Å². The highest BCUT2D eigenvalue weighted by Crippen LogP contribution is 2.42. The third-order valence-corrected chi connectivity index (χ3v) is 12.3. The number of phenolic OH excluding ortho intramolecular Hbond substituents is 1. The Hall–Kier alpha value is -3.95. The Balaban J connectivity index is 0.00000497. The quantitative estimate of drug-likeness (QED) is 0.0786. The summed E-state index contributed by atoms with van der Waals surface area (Å²) in [5, 5.41) is 15.5. The second kappa shape index (κ2) is 18.6. The molecule has 2 aromatic heterocycles. The number of halogens is 2. The molecule has 54 heavy (non-hydrogen) atoms. The van der Waals surface area contributed by atoms with Crippen molar-refractivity contribution in [1.29, 1.82) is 0 Å². The SMILES string of the molecule is C.CCc1cc(Nc2nccc(-c3sc(C4CCOCC4)nc3-c3cccc(NSc4c(F)cccc4F)c3)n2)c(O)cc1N1CCN(CCSC)CC1. The lowest BCUT2D eigenvalue weighted by Gasteiger charge is -2.37. The van der Waals surface area contributed by atoms with E-state index in [4.69, 9.17) is 14.7 Å². The minimum atomic E-state index is -0.625. The van der Waals surface area contributed by atoms with Crippen molar-refractivity contribution in [2.24, 2.45) is 0 Å². The Morgan fingerprint density at radius 2 is 1.74 bits per heavy atom. The molecule has 14 heteroatoms. The van der Waals surface area contributed by atoms with Crippen molar-refractivity contribution in [3.63, 3.8) is 0 Å². The molecular weight excluding hydrogens is 745 g/mol. The van der Waals surface area contributed by atoms with Gasteiger partial charge in [-0.05, 0) is 79.4 Å². The number of hydrogen-bond donors (Lipinski definition) is 3. The minimum Gasteiger partial charge on any atom is -0.506 e. The third kappa shape index (κ3) is 9.28. The van der Waals surface area contributed by atoms with Crippen molar-refractivity contribution in [2.45, 2.75) is 44.4 Å². The topological polar surface area (TPSA) is 98.7 Å². The zero-order valence-corrected chi connectivity index (χ0v) is 32.2. The van der Waals surface area contributed by atoms with Crippen LogP contribution in [0.2, 0.25) is 0 Å². The summed E-state index contributed by atoms with van der Waals surface area (Å²) < 4.78 is 37.4. The lowest BCUT2D eigenvalue weighted by Crippen LogP contribution is -2.47. The largest absolute Gasteiger partial charge is 0.506 e. The molecule has 2 aliphatic heterocycles. The van der Waals surface area contributed by atoms with Gasteiger partial charge in [0.05, 0.1) is 31.9 Å². The molecule has 3 N–H and O–H groups in total. The molecule has 0 amide bonds. The van der Waals surface area contributed by atoms with Gasteiger partial charge in [-0.15, -0.1) is 11.3 Å². The molecule has 5 aromatic rings. The molecule has 0 aliphatic carbocycles. The van der Waals surface area contributed by atoms with Crippen LogP contribution in [0.3, 0.4) is 0 Å². The summed E-state index contributed by atoms with van der Waals surface area (Å²) in [5.41, 5.74) is 5.74. The van der Waals surface area contributed by atoms with Gasteiger partial charge in [-0.1, -0.05) is 32.5 Å². The normalized spacial score (nSPS) is 15.2. The van der Waals surface area contributed by atoms with Crippen molar-refractivity contribution < 1.29 is 18.6 Å². The summed E-state index contributed by atoms with van der Waals surface area (Å²) >= 11 is 4.38. The van der Waals surface area contributed by atoms with Crippen LogP contribution < -0.4 is 14.9 Å². The Morgan fingerprint density at radius 3 is 2.48 bits per heavy atom. The molecule has 2 fully saturated rings. The number of aromatic nitrogens is 3. The second-order valence-electron chi connectivity index (χ2n) is 13.0. The number of nitrogens with zero attached hydrogens (tertiary/aromatic N) is 5. The van der Waals surface area contributed by atoms with Crippen molar-refractivity contribution in [3.8, 4) is 27.6 Å². The van der Waals surface area contributed by atoms with E-state index >= 15 is 0 Å². The predicted molar refractivity (Wildman–Crippen MR) is 222 cm³/mol. The summed E-state index contributed by atoms with van der Waals surface area (Å²) in [4.78, 5) is 20.3. The molecular formula is C40H47F2N7O2S3. The van der Waals surface area contributed by atoms with E-state index in [1.165, 1.54) is 18.2 Å². The first-order valence-corrected chi connectivity index (χ1v) is 20.9. The molecule has 3 aromatic carbocycles. The Bertz CT molecular complexity index is 2000. The molecule has 0 saturated carbocycles.